The standard InChI is InChI=1S/2C24H23F4N5O2.C14H11ClF3N3O.C10H13FN2O.CH4/c2*1-29-23(34)16-4-2-3-5-19(16)31-21-13-22(30-14-17(21)24(26,27)28)32-20-7-6-15(12-18(20)25)33-8-10-35-11-9-33;1-19-13(22)8-4-2-3-5-10(8)21-11-6-12(15)20-7-9(11)14(16,17)18;11-9-7-8(1-2-10(9)12)13-3-5-14-6-4-13;/h2*2-7,12-14H,8-11H2,1H3,(H,29,34)(H2,30,31,32);2-7H,1H3,(H,19,22)(H,20,21);1-2,7H,3-6,12H2;1H4. The zero-order valence-electron chi connectivity index (χ0n) is 56.7. The number of ether oxygens (including phenoxy) is 3. The van der Waals surface area contributed by atoms with Crippen LogP contribution >= 0.6 is 11.6 Å². The molecule has 9 aromatic rings. The molecule has 0 unspecified atom stereocenters. The SMILES string of the molecule is C.CNC(=O)c1ccccc1Nc1cc(Cl)ncc1C(F)(F)F.CNC(=O)c1ccccc1Nc1cc(Nc2ccc(N3CCOCC3)cc2F)ncc1C(F)(F)F.CNC(=O)c1ccccc1Nc1cc(Nc2ccc(N3CCOCC3)cc2F)ncc1C(F)(F)F.Nc1ccc(N2CCOCC2)cc1F. The van der Waals surface area contributed by atoms with Gasteiger partial charge >= 0.3 is 18.5 Å². The number of aromatic nitrogens is 3. The summed E-state index contributed by atoms with van der Waals surface area (Å²) in [7, 11) is 4.28. The van der Waals surface area contributed by atoms with Gasteiger partial charge < -0.3 is 77.2 Å². The average Bonchev–Trinajstić information content (AvgIpc) is 0.811. The van der Waals surface area contributed by atoms with E-state index in [9.17, 15) is 67.1 Å². The molecule has 568 valence electrons. The quantitative estimate of drug-likeness (QED) is 0.0248. The van der Waals surface area contributed by atoms with Crippen molar-refractivity contribution in [3.05, 3.63) is 220 Å². The van der Waals surface area contributed by atoms with E-state index in [1.165, 1.54) is 87.9 Å². The average molecular weight is 1520 g/mol. The number of morpholine rings is 3. The maximum absolute atomic E-state index is 14.8. The summed E-state index contributed by atoms with van der Waals surface area (Å²) in [5.74, 6) is -2.85. The van der Waals surface area contributed by atoms with Crippen LogP contribution in [-0.2, 0) is 32.7 Å². The molecular weight excluding hydrogens is 1450 g/mol. The Morgan fingerprint density at radius 3 is 1.00 bits per heavy atom. The highest BCUT2D eigenvalue weighted by Gasteiger charge is 2.37. The highest BCUT2D eigenvalue weighted by Crippen LogP contribution is 2.41. The fourth-order valence-corrected chi connectivity index (χ4v) is 10.9. The fraction of sp³-hybridized carbons (Fsp3) is 0.260. The second kappa shape index (κ2) is 37.1. The number of alkyl halides is 9. The summed E-state index contributed by atoms with van der Waals surface area (Å²) in [5.41, 5.74) is 5.12. The van der Waals surface area contributed by atoms with Crippen LogP contribution in [0.1, 0.15) is 55.2 Å². The second-order valence-corrected chi connectivity index (χ2v) is 23.5. The third-order valence-corrected chi connectivity index (χ3v) is 16.3. The normalized spacial score (nSPS) is 13.6. The highest BCUT2D eigenvalue weighted by molar-refractivity contribution is 6.29. The minimum absolute atomic E-state index is 0. The van der Waals surface area contributed by atoms with Crippen molar-refractivity contribution in [2.45, 2.75) is 26.0 Å². The number of anilines is 14. The lowest BCUT2D eigenvalue weighted by Gasteiger charge is -2.29. The van der Waals surface area contributed by atoms with Gasteiger partial charge in [-0.1, -0.05) is 55.4 Å². The molecule has 3 saturated heterocycles. The lowest BCUT2D eigenvalue weighted by atomic mass is 10.1. The molecule has 6 heterocycles. The van der Waals surface area contributed by atoms with E-state index in [0.717, 1.165) is 37.0 Å². The van der Waals surface area contributed by atoms with Gasteiger partial charge in [0, 0.05) is 108 Å². The van der Waals surface area contributed by atoms with Gasteiger partial charge in [0.2, 0.25) is 0 Å². The molecule has 0 saturated carbocycles. The minimum Gasteiger partial charge on any atom is -0.396 e. The van der Waals surface area contributed by atoms with Gasteiger partial charge in [-0.3, -0.25) is 14.4 Å². The van der Waals surface area contributed by atoms with Gasteiger partial charge in [0.25, 0.3) is 17.7 Å². The first-order valence-electron chi connectivity index (χ1n) is 32.4. The Morgan fingerprint density at radius 2 is 0.692 bits per heavy atom. The minimum atomic E-state index is -4.71. The molecule has 0 atom stereocenters. The summed E-state index contributed by atoms with van der Waals surface area (Å²) in [5, 5.41) is 20.7. The molecule has 3 aromatic heterocycles. The van der Waals surface area contributed by atoms with E-state index in [0.29, 0.717) is 95.8 Å². The number of benzene rings is 6. The zero-order valence-corrected chi connectivity index (χ0v) is 57.5. The maximum atomic E-state index is 14.8. The first kappa shape index (κ1) is 81.4. The number of nitrogens with two attached hydrogens (primary N) is 1. The molecule has 3 aliphatic heterocycles. The Kier molecular flexibility index (Phi) is 28.2. The molecule has 10 N–H and O–H groups in total. The molecule has 3 aliphatic rings. The summed E-state index contributed by atoms with van der Waals surface area (Å²) in [6.07, 6.45) is -12.0. The molecule has 3 fully saturated rings. The fourth-order valence-electron chi connectivity index (χ4n) is 10.7. The number of carbonyl (C=O) groups excluding carboxylic acids is 3. The molecule has 0 bridgehead atoms. The van der Waals surface area contributed by atoms with E-state index >= 15 is 0 Å². The predicted molar refractivity (Wildman–Crippen MR) is 388 cm³/mol. The van der Waals surface area contributed by atoms with Crippen molar-refractivity contribution in [3.63, 3.8) is 0 Å². The van der Waals surface area contributed by atoms with Gasteiger partial charge in [0.1, 0.15) is 34.2 Å². The number of pyridine rings is 3. The van der Waals surface area contributed by atoms with E-state index in [1.54, 1.807) is 54.6 Å². The van der Waals surface area contributed by atoms with Crippen molar-refractivity contribution in [1.82, 2.24) is 30.9 Å². The number of hydrogen-bond acceptors (Lipinski definition) is 18. The second-order valence-electron chi connectivity index (χ2n) is 23.1. The third-order valence-electron chi connectivity index (χ3n) is 16.1. The van der Waals surface area contributed by atoms with E-state index in [4.69, 9.17) is 31.5 Å². The van der Waals surface area contributed by atoms with Crippen LogP contribution in [0.2, 0.25) is 5.15 Å². The Balaban J connectivity index is 0.000000188. The van der Waals surface area contributed by atoms with Crippen LogP contribution in [0.15, 0.2) is 164 Å². The largest absolute Gasteiger partial charge is 0.419 e. The number of rotatable bonds is 16. The Morgan fingerprint density at radius 1 is 0.393 bits per heavy atom. The number of nitrogens with one attached hydrogen (secondary N) is 8. The summed E-state index contributed by atoms with van der Waals surface area (Å²) < 4.78 is 180. The Bertz CT molecular complexity index is 4340. The van der Waals surface area contributed by atoms with E-state index in [-0.39, 0.29) is 97.9 Å². The van der Waals surface area contributed by atoms with Crippen LogP contribution in [0.4, 0.5) is 133 Å². The topological polar surface area (TPSA) is 250 Å². The molecule has 21 nitrogen and oxygen atoms in total. The van der Waals surface area contributed by atoms with Crippen molar-refractivity contribution in [2.75, 3.05) is 147 Å². The van der Waals surface area contributed by atoms with E-state index in [1.807, 2.05) is 15.9 Å². The summed E-state index contributed by atoms with van der Waals surface area (Å²) in [6.45, 7) is 7.78. The van der Waals surface area contributed by atoms with Crippen LogP contribution in [0.25, 0.3) is 0 Å². The highest BCUT2D eigenvalue weighted by atomic mass is 35.5. The summed E-state index contributed by atoms with van der Waals surface area (Å²) >= 11 is 5.67. The van der Waals surface area contributed by atoms with Gasteiger partial charge in [-0.05, 0) is 97.1 Å². The van der Waals surface area contributed by atoms with Crippen LogP contribution in [0.3, 0.4) is 0 Å². The smallest absolute Gasteiger partial charge is 0.396 e. The maximum Gasteiger partial charge on any atom is 0.419 e. The number of hydrogen-bond donors (Lipinski definition) is 9. The monoisotopic (exact) mass is 1520 g/mol. The van der Waals surface area contributed by atoms with E-state index < -0.39 is 64.6 Å². The van der Waals surface area contributed by atoms with Crippen molar-refractivity contribution in [3.8, 4) is 0 Å². The molecule has 107 heavy (non-hydrogen) atoms. The molecule has 0 aliphatic carbocycles. The lowest BCUT2D eigenvalue weighted by molar-refractivity contribution is -0.138. The number of carbonyl (C=O) groups is 3. The number of para-hydroxylation sites is 3. The third kappa shape index (κ3) is 22.1. The van der Waals surface area contributed by atoms with Gasteiger partial charge in [-0.15, -0.1) is 0 Å². The number of amides is 3. The van der Waals surface area contributed by atoms with Crippen molar-refractivity contribution in [2.24, 2.45) is 0 Å². The molecule has 34 heteroatoms. The molecular formula is C73H74ClF12N15O6. The van der Waals surface area contributed by atoms with Crippen LogP contribution < -0.4 is 63.0 Å². The van der Waals surface area contributed by atoms with Gasteiger partial charge in [0.15, 0.2) is 0 Å². The summed E-state index contributed by atoms with van der Waals surface area (Å²) in [6, 6.07) is 35.9. The Hall–Kier alpha value is -11.3. The van der Waals surface area contributed by atoms with Crippen LogP contribution in [-0.4, -0.2) is 133 Å². The number of halogens is 13. The van der Waals surface area contributed by atoms with Crippen molar-refractivity contribution >= 4 is 109 Å². The molecule has 0 radical (unpaired) electrons. The van der Waals surface area contributed by atoms with Crippen molar-refractivity contribution < 1.29 is 81.3 Å². The van der Waals surface area contributed by atoms with E-state index in [2.05, 4.69) is 62.4 Å². The lowest BCUT2D eigenvalue weighted by Crippen LogP contribution is -2.36. The van der Waals surface area contributed by atoms with Crippen LogP contribution in [0.5, 0.6) is 0 Å². The first-order chi connectivity index (χ1) is 50.6. The molecule has 12 rings (SSSR count). The van der Waals surface area contributed by atoms with Gasteiger partial charge in [-0.25, -0.2) is 28.1 Å². The molecule has 6 aromatic carbocycles. The molecule has 0 spiro atoms. The van der Waals surface area contributed by atoms with Crippen molar-refractivity contribution in [1.29, 1.82) is 0 Å². The Labute approximate surface area is 612 Å². The number of nitrogen functional groups attached to an aromatic ring is 1. The zero-order chi connectivity index (χ0) is 76.3. The molecule has 3 amide bonds. The van der Waals surface area contributed by atoms with Gasteiger partial charge in [0.05, 0.1) is 124 Å². The van der Waals surface area contributed by atoms with Crippen LogP contribution in [0, 0.1) is 17.5 Å². The van der Waals surface area contributed by atoms with Gasteiger partial charge in [-0.2, -0.15) is 39.5 Å². The number of nitrogens with zero attached hydrogens (tertiary/aromatic N) is 6. The first-order valence-corrected chi connectivity index (χ1v) is 32.8. The summed E-state index contributed by atoms with van der Waals surface area (Å²) in [4.78, 5) is 53.2. The predicted octanol–water partition coefficient (Wildman–Crippen LogP) is 15.6.